The number of hydrogen-bond acceptors (Lipinski definition) is 4. The van der Waals surface area contributed by atoms with Crippen LogP contribution in [0.25, 0.3) is 0 Å². The highest BCUT2D eigenvalue weighted by molar-refractivity contribution is 6.38. The molecule has 0 radical (unpaired) electrons. The predicted molar refractivity (Wildman–Crippen MR) is 43.9 cm³/mol. The van der Waals surface area contributed by atoms with Gasteiger partial charge in [0.05, 0.1) is 11.4 Å². The molecule has 0 aromatic rings. The average Bonchev–Trinajstić information content (AvgIpc) is 2.27. The molecule has 0 aromatic carbocycles. The van der Waals surface area contributed by atoms with E-state index in [1.807, 2.05) is 0 Å². The summed E-state index contributed by atoms with van der Waals surface area (Å²) >= 11 is 0. The van der Waals surface area contributed by atoms with Crippen molar-refractivity contribution in [3.05, 3.63) is 0 Å². The lowest BCUT2D eigenvalue weighted by atomic mass is 9.80. The maximum absolute atomic E-state index is 10.8. The van der Waals surface area contributed by atoms with Crippen LogP contribution in [0.2, 0.25) is 0 Å². The fraction of sp³-hybridized carbons (Fsp3) is 0.429. The van der Waals surface area contributed by atoms with E-state index < -0.39 is 17.4 Å². The molecule has 0 amide bonds. The van der Waals surface area contributed by atoms with Crippen LogP contribution < -0.4 is 0 Å². The number of nitrogens with zero attached hydrogens (tertiary/aromatic N) is 2. The normalized spacial score (nSPS) is 19.2. The lowest BCUT2D eigenvalue weighted by molar-refractivity contribution is -0.154. The number of carboxylic acid groups (broad SMARTS) is 2. The lowest BCUT2D eigenvalue weighted by Gasteiger charge is -2.18. The summed E-state index contributed by atoms with van der Waals surface area (Å²) in [5.74, 6) is -2.92. The second-order valence-electron chi connectivity index (χ2n) is 2.73. The number of carbonyl (C=O) groups is 2. The molecule has 0 fully saturated rings. The van der Waals surface area contributed by atoms with Crippen molar-refractivity contribution in [2.75, 3.05) is 0 Å². The Morgan fingerprint density at radius 2 is 1.38 bits per heavy atom. The molecule has 70 valence electrons. The van der Waals surface area contributed by atoms with E-state index in [0.717, 1.165) is 0 Å². The number of aliphatic carboxylic acids is 2. The molecular formula is C7H8N2O4. The standard InChI is InChI=1S/C7H8N2O4/c1-3-7(5(10)11,6(12)13)4(2)9-8-3/h1-2H3,(H,10,11)(H,12,13). The van der Waals surface area contributed by atoms with E-state index in [1.54, 1.807) is 0 Å². The molecule has 0 unspecified atom stereocenters. The monoisotopic (exact) mass is 184 g/mol. The number of rotatable bonds is 2. The molecule has 2 N–H and O–H groups in total. The summed E-state index contributed by atoms with van der Waals surface area (Å²) in [5, 5.41) is 24.6. The van der Waals surface area contributed by atoms with E-state index in [9.17, 15) is 9.59 Å². The van der Waals surface area contributed by atoms with E-state index in [-0.39, 0.29) is 11.4 Å². The summed E-state index contributed by atoms with van der Waals surface area (Å²) in [6.45, 7) is 2.67. The van der Waals surface area contributed by atoms with Crippen LogP contribution in [0.5, 0.6) is 0 Å². The molecule has 0 aromatic heterocycles. The largest absolute Gasteiger partial charge is 0.480 e. The minimum atomic E-state index is -2.06. The van der Waals surface area contributed by atoms with Crippen LogP contribution in [0, 0.1) is 5.41 Å². The molecule has 0 aliphatic carbocycles. The van der Waals surface area contributed by atoms with Crippen LogP contribution >= 0.6 is 0 Å². The molecule has 0 atom stereocenters. The smallest absolute Gasteiger partial charge is 0.332 e. The Balaban J connectivity index is 3.35. The summed E-state index contributed by atoms with van der Waals surface area (Å²) in [6.07, 6.45) is 0. The zero-order valence-electron chi connectivity index (χ0n) is 7.11. The van der Waals surface area contributed by atoms with E-state index in [0.29, 0.717) is 0 Å². The molecule has 1 aliphatic rings. The first-order valence-corrected chi connectivity index (χ1v) is 3.50. The molecule has 1 rings (SSSR count). The van der Waals surface area contributed by atoms with Crippen molar-refractivity contribution in [3.63, 3.8) is 0 Å². The maximum Gasteiger partial charge on any atom is 0.332 e. The Hall–Kier alpha value is -1.72. The quantitative estimate of drug-likeness (QED) is 0.589. The Kier molecular flexibility index (Phi) is 1.91. The third-order valence-electron chi connectivity index (χ3n) is 2.08. The molecule has 6 heteroatoms. The second kappa shape index (κ2) is 2.65. The molecule has 0 saturated carbocycles. The van der Waals surface area contributed by atoms with E-state index in [1.165, 1.54) is 13.8 Å². The van der Waals surface area contributed by atoms with E-state index in [4.69, 9.17) is 10.2 Å². The van der Waals surface area contributed by atoms with Gasteiger partial charge < -0.3 is 10.2 Å². The van der Waals surface area contributed by atoms with Gasteiger partial charge in [0.1, 0.15) is 0 Å². The Bertz CT molecular complexity index is 308. The summed E-state index contributed by atoms with van der Waals surface area (Å²) in [7, 11) is 0. The number of hydrogen-bond donors (Lipinski definition) is 2. The van der Waals surface area contributed by atoms with Crippen LogP contribution in [-0.2, 0) is 9.59 Å². The highest BCUT2D eigenvalue weighted by Crippen LogP contribution is 2.27. The molecule has 0 bridgehead atoms. The molecule has 0 spiro atoms. The van der Waals surface area contributed by atoms with Gasteiger partial charge >= 0.3 is 11.9 Å². The van der Waals surface area contributed by atoms with Gasteiger partial charge in [-0.25, -0.2) is 0 Å². The minimum absolute atomic E-state index is 0.0231. The third-order valence-corrected chi connectivity index (χ3v) is 2.08. The molecule has 0 saturated heterocycles. The van der Waals surface area contributed by atoms with Crippen LogP contribution in [0.4, 0.5) is 0 Å². The van der Waals surface area contributed by atoms with Gasteiger partial charge in [-0.3, -0.25) is 9.59 Å². The minimum Gasteiger partial charge on any atom is -0.480 e. The maximum atomic E-state index is 10.8. The Morgan fingerprint density at radius 3 is 1.54 bits per heavy atom. The van der Waals surface area contributed by atoms with Crippen LogP contribution in [0.1, 0.15) is 13.8 Å². The topological polar surface area (TPSA) is 99.3 Å². The van der Waals surface area contributed by atoms with Crippen molar-refractivity contribution < 1.29 is 19.8 Å². The summed E-state index contributed by atoms with van der Waals surface area (Å²) in [6, 6.07) is 0. The zero-order chi connectivity index (χ0) is 10.2. The molecule has 1 aliphatic heterocycles. The fourth-order valence-electron chi connectivity index (χ4n) is 1.27. The molecule has 13 heavy (non-hydrogen) atoms. The summed E-state index contributed by atoms with van der Waals surface area (Å²) in [5.41, 5.74) is -2.10. The SMILES string of the molecule is CC1=NN=C(C)C1(C(=O)O)C(=O)O. The van der Waals surface area contributed by atoms with Crippen LogP contribution in [-0.4, -0.2) is 33.6 Å². The van der Waals surface area contributed by atoms with Crippen molar-refractivity contribution in [2.24, 2.45) is 15.6 Å². The van der Waals surface area contributed by atoms with Crippen molar-refractivity contribution in [3.8, 4) is 0 Å². The van der Waals surface area contributed by atoms with Crippen LogP contribution in [0.15, 0.2) is 10.2 Å². The van der Waals surface area contributed by atoms with Gasteiger partial charge in [0, 0.05) is 0 Å². The fourth-order valence-corrected chi connectivity index (χ4v) is 1.27. The summed E-state index contributed by atoms with van der Waals surface area (Å²) < 4.78 is 0. The third kappa shape index (κ3) is 0.947. The highest BCUT2D eigenvalue weighted by atomic mass is 16.4. The lowest BCUT2D eigenvalue weighted by Crippen LogP contribution is -2.48. The van der Waals surface area contributed by atoms with Gasteiger partial charge in [-0.2, -0.15) is 10.2 Å². The van der Waals surface area contributed by atoms with E-state index in [2.05, 4.69) is 10.2 Å². The highest BCUT2D eigenvalue weighted by Gasteiger charge is 2.55. The molecule has 6 nitrogen and oxygen atoms in total. The first-order valence-electron chi connectivity index (χ1n) is 3.50. The molecule has 1 heterocycles. The molecular weight excluding hydrogens is 176 g/mol. The van der Waals surface area contributed by atoms with Crippen molar-refractivity contribution >= 4 is 23.4 Å². The first-order chi connectivity index (χ1) is 5.94. The Labute approximate surface area is 73.6 Å². The zero-order valence-corrected chi connectivity index (χ0v) is 7.11. The number of carboxylic acids is 2. The van der Waals surface area contributed by atoms with Gasteiger partial charge in [-0.15, -0.1) is 0 Å². The van der Waals surface area contributed by atoms with Gasteiger partial charge in [-0.05, 0) is 13.8 Å². The predicted octanol–water partition coefficient (Wildman–Crippen LogP) is -0.00760. The summed E-state index contributed by atoms with van der Waals surface area (Å²) in [4.78, 5) is 21.7. The second-order valence-corrected chi connectivity index (χ2v) is 2.73. The van der Waals surface area contributed by atoms with Crippen molar-refractivity contribution in [1.82, 2.24) is 0 Å². The Morgan fingerprint density at radius 1 is 1.08 bits per heavy atom. The van der Waals surface area contributed by atoms with Crippen molar-refractivity contribution in [1.29, 1.82) is 0 Å². The van der Waals surface area contributed by atoms with Gasteiger partial charge in [0.25, 0.3) is 0 Å². The van der Waals surface area contributed by atoms with Gasteiger partial charge in [0.2, 0.25) is 5.41 Å². The first kappa shape index (κ1) is 9.37. The van der Waals surface area contributed by atoms with Crippen molar-refractivity contribution in [2.45, 2.75) is 13.8 Å². The average molecular weight is 184 g/mol. The van der Waals surface area contributed by atoms with Crippen LogP contribution in [0.3, 0.4) is 0 Å². The van der Waals surface area contributed by atoms with E-state index >= 15 is 0 Å². The van der Waals surface area contributed by atoms with Gasteiger partial charge in [-0.1, -0.05) is 0 Å². The van der Waals surface area contributed by atoms with Gasteiger partial charge in [0.15, 0.2) is 0 Å².